The summed E-state index contributed by atoms with van der Waals surface area (Å²) in [6.45, 7) is 1.85. The first kappa shape index (κ1) is 26.6. The third-order valence-electron chi connectivity index (χ3n) is 8.12. The Hall–Kier alpha value is -4.34. The molecule has 1 N–H and O–H groups in total. The molecule has 216 valence electrons. The Morgan fingerprint density at radius 1 is 1.17 bits per heavy atom. The Bertz CT molecular complexity index is 1780. The van der Waals surface area contributed by atoms with Crippen molar-refractivity contribution in [2.75, 3.05) is 51.5 Å². The van der Waals surface area contributed by atoms with Crippen LogP contribution in [0.25, 0.3) is 32.9 Å². The Labute approximate surface area is 238 Å². The summed E-state index contributed by atoms with van der Waals surface area (Å²) in [4.78, 5) is 17.4. The smallest absolute Gasteiger partial charge is 0.319 e. The van der Waals surface area contributed by atoms with E-state index in [1.54, 1.807) is 0 Å². The molecule has 0 spiro atoms. The number of fused-ring (bicyclic) bond motifs is 3. The molecule has 4 aromatic rings. The highest BCUT2D eigenvalue weighted by molar-refractivity contribution is 6.04. The van der Waals surface area contributed by atoms with Crippen LogP contribution >= 0.6 is 0 Å². The van der Waals surface area contributed by atoms with Gasteiger partial charge in [0.2, 0.25) is 5.88 Å². The first-order valence-corrected chi connectivity index (χ1v) is 13.6. The second kappa shape index (κ2) is 10.2. The van der Waals surface area contributed by atoms with Crippen LogP contribution in [-0.2, 0) is 4.74 Å². The maximum absolute atomic E-state index is 16.7. The number of hydrogen-bond acceptors (Lipinski definition) is 9. The Kier molecular flexibility index (Phi) is 6.44. The summed E-state index contributed by atoms with van der Waals surface area (Å²) in [5.74, 6) is 1.09. The van der Waals surface area contributed by atoms with Crippen LogP contribution in [0.3, 0.4) is 0 Å². The fourth-order valence-electron chi connectivity index (χ4n) is 6.04. The number of nitrogens with zero attached hydrogens (tertiary/aromatic N) is 5. The van der Waals surface area contributed by atoms with E-state index in [-0.39, 0.29) is 76.0 Å². The molecular formula is C30H26F3N5O4. The zero-order valence-electron chi connectivity index (χ0n) is 22.6. The number of likely N-dealkylation sites (N-methyl/N-ethyl adjacent to an activating group) is 1. The topological polar surface area (TPSA) is 93.1 Å². The van der Waals surface area contributed by atoms with Gasteiger partial charge < -0.3 is 24.2 Å². The Balaban J connectivity index is 1.45. The van der Waals surface area contributed by atoms with Crippen LogP contribution in [0.15, 0.2) is 24.3 Å². The van der Waals surface area contributed by atoms with E-state index in [1.165, 1.54) is 24.3 Å². The van der Waals surface area contributed by atoms with Gasteiger partial charge in [-0.3, -0.25) is 4.90 Å². The molecule has 9 nitrogen and oxygen atoms in total. The fraction of sp³-hybridized carbons (Fsp3) is 0.367. The van der Waals surface area contributed by atoms with E-state index in [4.69, 9.17) is 20.6 Å². The Morgan fingerprint density at radius 2 is 2.02 bits per heavy atom. The van der Waals surface area contributed by atoms with Crippen molar-refractivity contribution in [2.45, 2.75) is 24.7 Å². The van der Waals surface area contributed by atoms with Crippen molar-refractivity contribution >= 4 is 27.5 Å². The van der Waals surface area contributed by atoms with Gasteiger partial charge in [-0.1, -0.05) is 12.0 Å². The zero-order valence-corrected chi connectivity index (χ0v) is 22.6. The molecule has 0 aliphatic carbocycles. The number of hydrogen-bond donors (Lipinski definition) is 1. The Morgan fingerprint density at radius 3 is 2.81 bits per heavy atom. The van der Waals surface area contributed by atoms with Crippen molar-refractivity contribution in [3.63, 3.8) is 0 Å². The summed E-state index contributed by atoms with van der Waals surface area (Å²) in [7, 11) is 1.81. The summed E-state index contributed by atoms with van der Waals surface area (Å²) in [6, 6.07) is 4.82. The second-order valence-electron chi connectivity index (χ2n) is 10.8. The van der Waals surface area contributed by atoms with Crippen molar-refractivity contribution in [1.82, 2.24) is 19.9 Å². The monoisotopic (exact) mass is 577 g/mol. The molecule has 2 aromatic carbocycles. The SMILES string of the molecule is C#Cc1c(F)ccc2cc(O)cc(-c3nc4c5c(nc(OC[C@@H]6C[C@@H](F)CN6C)nc5c3F)N3CCOC[C@H]3CO4)c12. The summed E-state index contributed by atoms with van der Waals surface area (Å²) in [6.07, 6.45) is 5.00. The van der Waals surface area contributed by atoms with Crippen LogP contribution in [0.4, 0.5) is 19.0 Å². The number of morpholine rings is 1. The predicted octanol–water partition coefficient (Wildman–Crippen LogP) is 3.83. The third-order valence-corrected chi connectivity index (χ3v) is 8.12. The lowest BCUT2D eigenvalue weighted by atomic mass is 9.95. The van der Waals surface area contributed by atoms with Gasteiger partial charge in [-0.05, 0) is 37.1 Å². The van der Waals surface area contributed by atoms with E-state index < -0.39 is 17.8 Å². The summed E-state index contributed by atoms with van der Waals surface area (Å²) in [5, 5.41) is 11.4. The standard InChI is InChI=1S/C30H26F3N5O4/c1-3-20-22(32)5-4-15-8-19(39)10-21(23(15)20)26-25(33)27-24-28(38-6-7-40-12-18(38)14-41-29(24)34-26)36-30(35-27)42-13-17-9-16(31)11-37(17)2/h1,4-5,8,10,16-18,39H,6-7,9,11-14H2,2H3/t16-,17+,18+/m1/s1. The van der Waals surface area contributed by atoms with Gasteiger partial charge in [-0.25, -0.2) is 18.2 Å². The molecule has 7 rings (SSSR count). The van der Waals surface area contributed by atoms with Crippen molar-refractivity contribution in [1.29, 1.82) is 0 Å². The number of alkyl halides is 1. The van der Waals surface area contributed by atoms with E-state index in [9.17, 15) is 13.9 Å². The quantitative estimate of drug-likeness (QED) is 0.364. The first-order chi connectivity index (χ1) is 20.3. The molecule has 42 heavy (non-hydrogen) atoms. The number of rotatable bonds is 4. The number of aromatic hydroxyl groups is 1. The number of likely N-dealkylation sites (tertiary alicyclic amines) is 1. The minimum absolute atomic E-state index is 0.0725. The van der Waals surface area contributed by atoms with E-state index >= 15 is 4.39 Å². The van der Waals surface area contributed by atoms with Crippen molar-refractivity contribution < 1.29 is 32.5 Å². The minimum Gasteiger partial charge on any atom is -0.508 e. The molecule has 12 heteroatoms. The lowest BCUT2D eigenvalue weighted by Crippen LogP contribution is -2.48. The summed E-state index contributed by atoms with van der Waals surface area (Å²) < 4.78 is 63.1. The van der Waals surface area contributed by atoms with E-state index in [0.717, 1.165) is 0 Å². The van der Waals surface area contributed by atoms with Gasteiger partial charge in [-0.15, -0.1) is 6.42 Å². The number of ether oxygens (including phenoxy) is 3. The predicted molar refractivity (Wildman–Crippen MR) is 149 cm³/mol. The van der Waals surface area contributed by atoms with Crippen molar-refractivity contribution in [3.8, 4) is 41.2 Å². The molecule has 2 fully saturated rings. The number of aromatic nitrogens is 3. The van der Waals surface area contributed by atoms with Gasteiger partial charge in [-0.2, -0.15) is 9.97 Å². The van der Waals surface area contributed by atoms with E-state index in [1.807, 2.05) is 16.8 Å². The zero-order chi connectivity index (χ0) is 29.1. The highest BCUT2D eigenvalue weighted by atomic mass is 19.1. The van der Waals surface area contributed by atoms with Gasteiger partial charge in [0.05, 0.1) is 24.8 Å². The van der Waals surface area contributed by atoms with Gasteiger partial charge in [0.1, 0.15) is 53.4 Å². The van der Waals surface area contributed by atoms with Crippen LogP contribution in [-0.4, -0.2) is 89.8 Å². The molecule has 3 aliphatic rings. The number of benzene rings is 2. The minimum atomic E-state index is -0.958. The van der Waals surface area contributed by atoms with E-state index in [2.05, 4.69) is 20.9 Å². The number of halogens is 3. The molecular weight excluding hydrogens is 551 g/mol. The molecule has 5 heterocycles. The molecule has 2 saturated heterocycles. The normalized spacial score (nSPS) is 22.1. The van der Waals surface area contributed by atoms with Crippen LogP contribution in [0.1, 0.15) is 12.0 Å². The van der Waals surface area contributed by atoms with Gasteiger partial charge >= 0.3 is 6.01 Å². The van der Waals surface area contributed by atoms with Gasteiger partial charge in [0, 0.05) is 30.1 Å². The van der Waals surface area contributed by atoms with E-state index in [0.29, 0.717) is 43.9 Å². The second-order valence-corrected chi connectivity index (χ2v) is 10.8. The summed E-state index contributed by atoms with van der Waals surface area (Å²) in [5.41, 5.74) is -0.376. The van der Waals surface area contributed by atoms with Gasteiger partial charge in [0.15, 0.2) is 5.82 Å². The molecule has 3 aliphatic heterocycles. The van der Waals surface area contributed by atoms with Crippen LogP contribution in [0.2, 0.25) is 0 Å². The number of pyridine rings is 1. The molecule has 0 unspecified atom stereocenters. The molecule has 0 radical (unpaired) electrons. The van der Waals surface area contributed by atoms with Crippen LogP contribution in [0.5, 0.6) is 17.6 Å². The van der Waals surface area contributed by atoms with Crippen LogP contribution in [0, 0.1) is 24.0 Å². The molecule has 2 aromatic heterocycles. The summed E-state index contributed by atoms with van der Waals surface area (Å²) >= 11 is 0. The number of phenolic OH excluding ortho intramolecular Hbond substituents is 1. The molecule has 3 atom stereocenters. The molecule has 0 amide bonds. The number of terminal acetylenes is 1. The largest absolute Gasteiger partial charge is 0.508 e. The average molecular weight is 578 g/mol. The maximum atomic E-state index is 16.7. The highest BCUT2D eigenvalue weighted by Gasteiger charge is 2.35. The lowest BCUT2D eigenvalue weighted by Gasteiger charge is -2.34. The van der Waals surface area contributed by atoms with Crippen molar-refractivity contribution in [2.24, 2.45) is 0 Å². The first-order valence-electron chi connectivity index (χ1n) is 13.6. The van der Waals surface area contributed by atoms with Crippen LogP contribution < -0.4 is 14.4 Å². The molecule has 0 saturated carbocycles. The van der Waals surface area contributed by atoms with Crippen molar-refractivity contribution in [3.05, 3.63) is 41.5 Å². The molecule has 0 bridgehead atoms. The highest BCUT2D eigenvalue weighted by Crippen LogP contribution is 2.43. The lowest BCUT2D eigenvalue weighted by molar-refractivity contribution is 0.0775. The van der Waals surface area contributed by atoms with Gasteiger partial charge in [0.25, 0.3) is 0 Å². The third kappa shape index (κ3) is 4.31. The number of phenols is 1. The maximum Gasteiger partial charge on any atom is 0.319 e. The average Bonchev–Trinajstić information content (AvgIpc) is 3.22. The fourth-order valence-corrected chi connectivity index (χ4v) is 6.04. The number of anilines is 1.